The van der Waals surface area contributed by atoms with Crippen LogP contribution in [0.4, 0.5) is 0 Å². The topological polar surface area (TPSA) is 15.3 Å². The number of nitrogens with one attached hydrogen (secondary N) is 1. The molecule has 0 aromatic heterocycles. The van der Waals surface area contributed by atoms with E-state index < -0.39 is 0 Å². The van der Waals surface area contributed by atoms with Crippen LogP contribution in [0, 0.1) is 11.8 Å². The van der Waals surface area contributed by atoms with Gasteiger partial charge in [0.25, 0.3) is 0 Å². The average molecular weight is 252 g/mol. The Morgan fingerprint density at radius 3 is 2.61 bits per heavy atom. The molecule has 1 saturated carbocycles. The number of rotatable bonds is 6. The molecule has 1 aliphatic carbocycles. The van der Waals surface area contributed by atoms with Gasteiger partial charge in [-0.1, -0.05) is 20.3 Å². The van der Waals surface area contributed by atoms with E-state index in [9.17, 15) is 0 Å². The van der Waals surface area contributed by atoms with E-state index in [1.54, 1.807) is 0 Å². The highest BCUT2D eigenvalue weighted by Gasteiger charge is 2.27. The van der Waals surface area contributed by atoms with E-state index in [2.05, 4.69) is 24.1 Å². The van der Waals surface area contributed by atoms with Crippen molar-refractivity contribution in [2.45, 2.75) is 64.8 Å². The molecule has 0 spiro atoms. The Kier molecular flexibility index (Phi) is 5.97. The summed E-state index contributed by atoms with van der Waals surface area (Å²) < 4.78 is 0. The molecule has 1 heterocycles. The van der Waals surface area contributed by atoms with Crippen LogP contribution in [0.2, 0.25) is 0 Å². The second-order valence-electron chi connectivity index (χ2n) is 6.56. The van der Waals surface area contributed by atoms with Gasteiger partial charge < -0.3 is 10.2 Å². The van der Waals surface area contributed by atoms with Crippen molar-refractivity contribution in [3.8, 4) is 0 Å². The number of hydrogen-bond acceptors (Lipinski definition) is 2. The zero-order valence-corrected chi connectivity index (χ0v) is 12.5. The molecule has 2 heteroatoms. The molecule has 2 aliphatic rings. The normalized spacial score (nSPS) is 31.0. The zero-order valence-electron chi connectivity index (χ0n) is 12.5. The third-order valence-corrected chi connectivity index (χ3v) is 5.01. The highest BCUT2D eigenvalue weighted by atomic mass is 15.1. The Hall–Kier alpha value is -0.0800. The van der Waals surface area contributed by atoms with Gasteiger partial charge in [0.2, 0.25) is 0 Å². The molecule has 2 atom stereocenters. The van der Waals surface area contributed by atoms with Crippen LogP contribution in [-0.4, -0.2) is 37.1 Å². The molecule has 18 heavy (non-hydrogen) atoms. The first-order valence-corrected chi connectivity index (χ1v) is 8.25. The number of hydrogen-bond donors (Lipinski definition) is 1. The van der Waals surface area contributed by atoms with Crippen molar-refractivity contribution in [2.24, 2.45) is 11.8 Å². The molecule has 0 aromatic carbocycles. The van der Waals surface area contributed by atoms with Crippen molar-refractivity contribution in [3.63, 3.8) is 0 Å². The van der Waals surface area contributed by atoms with Gasteiger partial charge in [0.15, 0.2) is 0 Å². The number of likely N-dealkylation sites (tertiary alicyclic amines) is 1. The molecule has 2 rings (SSSR count). The molecular formula is C16H32N2. The van der Waals surface area contributed by atoms with E-state index in [-0.39, 0.29) is 0 Å². The van der Waals surface area contributed by atoms with Crippen molar-refractivity contribution in [1.82, 2.24) is 10.2 Å². The van der Waals surface area contributed by atoms with Gasteiger partial charge in [-0.25, -0.2) is 0 Å². The van der Waals surface area contributed by atoms with Crippen LogP contribution in [0.5, 0.6) is 0 Å². The van der Waals surface area contributed by atoms with Crippen molar-refractivity contribution in [1.29, 1.82) is 0 Å². The molecule has 0 aromatic rings. The zero-order chi connectivity index (χ0) is 12.8. The summed E-state index contributed by atoms with van der Waals surface area (Å²) in [6, 6.07) is 0.827. The molecule has 0 bridgehead atoms. The Morgan fingerprint density at radius 2 is 1.89 bits per heavy atom. The summed E-state index contributed by atoms with van der Waals surface area (Å²) in [6.07, 6.45) is 9.86. The monoisotopic (exact) mass is 252 g/mol. The van der Waals surface area contributed by atoms with E-state index in [0.717, 1.165) is 17.9 Å². The minimum absolute atomic E-state index is 0.827. The van der Waals surface area contributed by atoms with Crippen LogP contribution in [0.1, 0.15) is 58.8 Å². The van der Waals surface area contributed by atoms with Crippen molar-refractivity contribution < 1.29 is 0 Å². The molecule has 2 fully saturated rings. The predicted octanol–water partition coefficient (Wildman–Crippen LogP) is 3.28. The predicted molar refractivity (Wildman–Crippen MR) is 78.9 cm³/mol. The van der Waals surface area contributed by atoms with Gasteiger partial charge in [0, 0.05) is 6.04 Å². The fourth-order valence-corrected chi connectivity index (χ4v) is 3.61. The minimum Gasteiger partial charge on any atom is -0.314 e. The van der Waals surface area contributed by atoms with Gasteiger partial charge in [0.1, 0.15) is 0 Å². The fraction of sp³-hybridized carbons (Fsp3) is 1.00. The van der Waals surface area contributed by atoms with E-state index in [1.807, 2.05) is 0 Å². The van der Waals surface area contributed by atoms with E-state index in [0.29, 0.717) is 0 Å². The quantitative estimate of drug-likeness (QED) is 0.780. The first-order chi connectivity index (χ1) is 8.79. The third-order valence-electron chi connectivity index (χ3n) is 5.01. The average Bonchev–Trinajstić information content (AvgIpc) is 2.83. The van der Waals surface area contributed by atoms with Crippen LogP contribution in [0.3, 0.4) is 0 Å². The summed E-state index contributed by atoms with van der Waals surface area (Å²) in [5, 5.41) is 3.76. The van der Waals surface area contributed by atoms with Crippen molar-refractivity contribution in [3.05, 3.63) is 0 Å². The summed E-state index contributed by atoms with van der Waals surface area (Å²) in [5.74, 6) is 1.92. The molecule has 1 N–H and O–H groups in total. The summed E-state index contributed by atoms with van der Waals surface area (Å²) in [6.45, 7) is 9.93. The molecule has 0 amide bonds. The summed E-state index contributed by atoms with van der Waals surface area (Å²) >= 11 is 0. The lowest BCUT2D eigenvalue weighted by molar-refractivity contribution is 0.177. The fourth-order valence-electron chi connectivity index (χ4n) is 3.61. The Balaban J connectivity index is 1.65. The van der Waals surface area contributed by atoms with Crippen molar-refractivity contribution in [2.75, 3.05) is 26.2 Å². The molecule has 1 saturated heterocycles. The summed E-state index contributed by atoms with van der Waals surface area (Å²) in [4.78, 5) is 2.70. The lowest BCUT2D eigenvalue weighted by atomic mass is 9.96. The second kappa shape index (κ2) is 7.49. The molecule has 106 valence electrons. The Labute approximate surface area is 114 Å². The lowest BCUT2D eigenvalue weighted by Gasteiger charge is -2.31. The maximum absolute atomic E-state index is 3.76. The minimum atomic E-state index is 0.827. The molecule has 1 aliphatic heterocycles. The smallest absolute Gasteiger partial charge is 0.00958 e. The number of piperidine rings is 1. The van der Waals surface area contributed by atoms with Gasteiger partial charge in [-0.2, -0.15) is 0 Å². The van der Waals surface area contributed by atoms with Crippen LogP contribution >= 0.6 is 0 Å². The maximum atomic E-state index is 3.76. The first kappa shape index (κ1) is 14.3. The molecule has 0 radical (unpaired) electrons. The summed E-state index contributed by atoms with van der Waals surface area (Å²) in [7, 11) is 0. The Morgan fingerprint density at radius 1 is 1.11 bits per heavy atom. The third kappa shape index (κ3) is 4.24. The largest absolute Gasteiger partial charge is 0.314 e. The van der Waals surface area contributed by atoms with Gasteiger partial charge >= 0.3 is 0 Å². The number of nitrogens with zero attached hydrogens (tertiary/aromatic N) is 1. The molecular weight excluding hydrogens is 220 g/mol. The van der Waals surface area contributed by atoms with Crippen LogP contribution in [0.15, 0.2) is 0 Å². The first-order valence-electron chi connectivity index (χ1n) is 8.25. The van der Waals surface area contributed by atoms with Crippen LogP contribution in [0.25, 0.3) is 0 Å². The van der Waals surface area contributed by atoms with Gasteiger partial charge in [-0.3, -0.25) is 0 Å². The van der Waals surface area contributed by atoms with E-state index >= 15 is 0 Å². The second-order valence-corrected chi connectivity index (χ2v) is 6.56. The molecule has 2 nitrogen and oxygen atoms in total. The van der Waals surface area contributed by atoms with Crippen LogP contribution in [-0.2, 0) is 0 Å². The van der Waals surface area contributed by atoms with Gasteiger partial charge in [0.05, 0.1) is 0 Å². The van der Waals surface area contributed by atoms with Gasteiger partial charge in [-0.05, 0) is 76.5 Å². The van der Waals surface area contributed by atoms with E-state index in [1.165, 1.54) is 71.1 Å². The standard InChI is InChI=1S/C16H32N2/c1-3-10-17-16-6-4-5-15(16)9-13-18-11-7-14(2)8-12-18/h14-17H,3-13H2,1-2H3. The maximum Gasteiger partial charge on any atom is 0.00958 e. The lowest BCUT2D eigenvalue weighted by Crippen LogP contribution is -2.37. The van der Waals surface area contributed by atoms with Crippen LogP contribution < -0.4 is 5.32 Å². The molecule has 2 unspecified atom stereocenters. The Bertz CT molecular complexity index is 221. The van der Waals surface area contributed by atoms with Gasteiger partial charge in [-0.15, -0.1) is 0 Å². The van der Waals surface area contributed by atoms with Crippen molar-refractivity contribution >= 4 is 0 Å². The van der Waals surface area contributed by atoms with E-state index in [4.69, 9.17) is 0 Å². The summed E-state index contributed by atoms with van der Waals surface area (Å²) in [5.41, 5.74) is 0. The highest BCUT2D eigenvalue weighted by Crippen LogP contribution is 2.29. The highest BCUT2D eigenvalue weighted by molar-refractivity contribution is 4.84. The SMILES string of the molecule is CCCNC1CCCC1CCN1CCC(C)CC1.